The Morgan fingerprint density at radius 1 is 1.42 bits per heavy atom. The highest BCUT2D eigenvalue weighted by Crippen LogP contribution is 2.24. The molecule has 132 valence electrons. The topological polar surface area (TPSA) is 77.5 Å². The minimum absolute atomic E-state index is 0.176. The summed E-state index contributed by atoms with van der Waals surface area (Å²) in [7, 11) is 0. The van der Waals surface area contributed by atoms with Gasteiger partial charge in [0.1, 0.15) is 11.4 Å². The van der Waals surface area contributed by atoms with Gasteiger partial charge in [-0.1, -0.05) is 35.1 Å². The van der Waals surface area contributed by atoms with Gasteiger partial charge in [-0.2, -0.15) is 4.99 Å². The molecule has 6 nitrogen and oxygen atoms in total. The maximum atomic E-state index is 14.2. The Bertz CT molecular complexity index is 1120. The van der Waals surface area contributed by atoms with Crippen LogP contribution in [0.3, 0.4) is 0 Å². The molecule has 0 aliphatic rings. The lowest BCUT2D eigenvalue weighted by Gasteiger charge is -2.02. The van der Waals surface area contributed by atoms with Crippen molar-refractivity contribution in [1.29, 1.82) is 0 Å². The number of nitro groups is 1. The first kappa shape index (κ1) is 18.0. The van der Waals surface area contributed by atoms with Crippen LogP contribution in [0.5, 0.6) is 0 Å². The van der Waals surface area contributed by atoms with Crippen molar-refractivity contribution >= 4 is 44.7 Å². The molecule has 0 saturated carbocycles. The first-order chi connectivity index (χ1) is 12.4. The van der Waals surface area contributed by atoms with Crippen LogP contribution in [0.25, 0.3) is 10.2 Å². The second-order valence-electron chi connectivity index (χ2n) is 5.21. The summed E-state index contributed by atoms with van der Waals surface area (Å²) in [4.78, 5) is 27.2. The predicted octanol–water partition coefficient (Wildman–Crippen LogP) is 4.33. The molecule has 0 N–H and O–H groups in total. The van der Waals surface area contributed by atoms with Crippen molar-refractivity contribution in [3.8, 4) is 0 Å². The Balaban J connectivity index is 2.23. The number of hydrogen-bond donors (Lipinski definition) is 0. The number of aromatic nitrogens is 1. The zero-order chi connectivity index (χ0) is 18.8. The van der Waals surface area contributed by atoms with Crippen LogP contribution < -0.4 is 4.80 Å². The molecule has 26 heavy (non-hydrogen) atoms. The standard InChI is InChI=1S/C17H11ClFN3O3S/c1-2-8-21-15-12(19)4-3-5-14(15)26-17(21)20-16(23)11-9-10(18)6-7-13(11)22(24)25/h2-7,9H,1,8H2. The van der Waals surface area contributed by atoms with Gasteiger partial charge in [-0.3, -0.25) is 14.9 Å². The lowest BCUT2D eigenvalue weighted by molar-refractivity contribution is -0.385. The number of thiazole rings is 1. The Kier molecular flexibility index (Phi) is 4.97. The van der Waals surface area contributed by atoms with Crippen molar-refractivity contribution in [2.45, 2.75) is 6.54 Å². The van der Waals surface area contributed by atoms with E-state index in [2.05, 4.69) is 11.6 Å². The molecule has 3 aromatic rings. The number of carbonyl (C=O) groups is 1. The highest BCUT2D eigenvalue weighted by Gasteiger charge is 2.21. The molecule has 0 unspecified atom stereocenters. The minimum Gasteiger partial charge on any atom is -0.310 e. The molecule has 0 fully saturated rings. The third kappa shape index (κ3) is 3.29. The summed E-state index contributed by atoms with van der Waals surface area (Å²) < 4.78 is 16.3. The SMILES string of the molecule is C=CCn1c(=NC(=O)c2cc(Cl)ccc2[N+](=O)[O-])sc2cccc(F)c21. The average molecular weight is 392 g/mol. The molecule has 1 heterocycles. The normalized spacial score (nSPS) is 11.7. The van der Waals surface area contributed by atoms with Crippen LogP contribution in [0.2, 0.25) is 5.02 Å². The van der Waals surface area contributed by atoms with Gasteiger partial charge in [-0.05, 0) is 24.3 Å². The number of hydrogen-bond acceptors (Lipinski definition) is 4. The van der Waals surface area contributed by atoms with Crippen molar-refractivity contribution in [3.05, 3.63) is 80.4 Å². The van der Waals surface area contributed by atoms with Crippen LogP contribution in [-0.4, -0.2) is 15.4 Å². The maximum absolute atomic E-state index is 14.2. The fraction of sp³-hybridized carbons (Fsp3) is 0.0588. The summed E-state index contributed by atoms with van der Waals surface area (Å²) in [6.45, 7) is 3.85. The number of halogens is 2. The zero-order valence-electron chi connectivity index (χ0n) is 13.2. The number of fused-ring (bicyclic) bond motifs is 1. The van der Waals surface area contributed by atoms with E-state index in [1.54, 1.807) is 18.2 Å². The fourth-order valence-electron chi connectivity index (χ4n) is 2.46. The van der Waals surface area contributed by atoms with Crippen LogP contribution in [0.4, 0.5) is 10.1 Å². The second kappa shape index (κ2) is 7.19. The van der Waals surface area contributed by atoms with E-state index < -0.39 is 22.3 Å². The van der Waals surface area contributed by atoms with Crippen molar-refractivity contribution in [1.82, 2.24) is 4.57 Å². The zero-order valence-corrected chi connectivity index (χ0v) is 14.8. The molecule has 0 atom stereocenters. The Hall–Kier alpha value is -2.84. The summed E-state index contributed by atoms with van der Waals surface area (Å²) in [5, 5.41) is 11.3. The smallest absolute Gasteiger partial charge is 0.286 e. The van der Waals surface area contributed by atoms with E-state index in [0.717, 1.165) is 17.4 Å². The third-order valence-electron chi connectivity index (χ3n) is 3.55. The quantitative estimate of drug-likeness (QED) is 0.377. The van der Waals surface area contributed by atoms with Crippen LogP contribution in [0, 0.1) is 15.9 Å². The molecule has 0 bridgehead atoms. The van der Waals surface area contributed by atoms with Gasteiger partial charge in [-0.25, -0.2) is 4.39 Å². The molecular formula is C17H11ClFN3O3S. The molecule has 1 amide bonds. The molecule has 0 aliphatic heterocycles. The molecule has 1 aromatic heterocycles. The minimum atomic E-state index is -0.830. The maximum Gasteiger partial charge on any atom is 0.286 e. The molecule has 0 aliphatic carbocycles. The van der Waals surface area contributed by atoms with Gasteiger partial charge in [0, 0.05) is 17.6 Å². The van der Waals surface area contributed by atoms with Gasteiger partial charge >= 0.3 is 0 Å². The van der Waals surface area contributed by atoms with E-state index in [0.29, 0.717) is 10.2 Å². The van der Waals surface area contributed by atoms with Gasteiger partial charge < -0.3 is 4.57 Å². The highest BCUT2D eigenvalue weighted by molar-refractivity contribution is 7.16. The predicted molar refractivity (Wildman–Crippen MR) is 98.0 cm³/mol. The summed E-state index contributed by atoms with van der Waals surface area (Å²) in [6.07, 6.45) is 1.55. The largest absolute Gasteiger partial charge is 0.310 e. The van der Waals surface area contributed by atoms with E-state index in [1.807, 2.05) is 0 Å². The van der Waals surface area contributed by atoms with E-state index in [1.165, 1.54) is 22.8 Å². The number of amides is 1. The van der Waals surface area contributed by atoms with Gasteiger partial charge in [0.25, 0.3) is 11.6 Å². The highest BCUT2D eigenvalue weighted by atomic mass is 35.5. The third-order valence-corrected chi connectivity index (χ3v) is 4.83. The van der Waals surface area contributed by atoms with E-state index in [-0.39, 0.29) is 21.9 Å². The van der Waals surface area contributed by atoms with E-state index >= 15 is 0 Å². The summed E-state index contributed by atoms with van der Waals surface area (Å²) in [5.41, 5.74) is -0.333. The van der Waals surface area contributed by atoms with Crippen LogP contribution in [0.15, 0.2) is 54.0 Å². The lowest BCUT2D eigenvalue weighted by Crippen LogP contribution is -2.17. The molecule has 0 radical (unpaired) electrons. The Morgan fingerprint density at radius 2 is 2.19 bits per heavy atom. The number of rotatable bonds is 4. The van der Waals surface area contributed by atoms with Crippen LogP contribution in [-0.2, 0) is 6.54 Å². The van der Waals surface area contributed by atoms with Crippen molar-refractivity contribution in [2.24, 2.45) is 4.99 Å². The molecule has 9 heteroatoms. The number of nitrogens with zero attached hydrogens (tertiary/aromatic N) is 3. The van der Waals surface area contributed by atoms with Crippen molar-refractivity contribution < 1.29 is 14.1 Å². The molecule has 3 rings (SSSR count). The molecule has 0 saturated heterocycles. The number of carbonyl (C=O) groups excluding carboxylic acids is 1. The first-order valence-corrected chi connectivity index (χ1v) is 8.53. The molecule has 2 aromatic carbocycles. The number of allylic oxidation sites excluding steroid dienone is 1. The molecular weight excluding hydrogens is 381 g/mol. The van der Waals surface area contributed by atoms with Crippen molar-refractivity contribution in [2.75, 3.05) is 0 Å². The summed E-state index contributed by atoms with van der Waals surface area (Å²) >= 11 is 6.96. The fourth-order valence-corrected chi connectivity index (χ4v) is 3.68. The lowest BCUT2D eigenvalue weighted by atomic mass is 10.2. The first-order valence-electron chi connectivity index (χ1n) is 7.34. The van der Waals surface area contributed by atoms with Gasteiger partial charge in [0.15, 0.2) is 4.80 Å². The average Bonchev–Trinajstić information content (AvgIpc) is 2.93. The Labute approximate surface area is 155 Å². The summed E-state index contributed by atoms with van der Waals surface area (Å²) in [5.74, 6) is -1.28. The van der Waals surface area contributed by atoms with Crippen LogP contribution in [0.1, 0.15) is 10.4 Å². The van der Waals surface area contributed by atoms with Gasteiger partial charge in [-0.15, -0.1) is 6.58 Å². The number of benzene rings is 2. The van der Waals surface area contributed by atoms with E-state index in [4.69, 9.17) is 11.6 Å². The number of para-hydroxylation sites is 1. The van der Waals surface area contributed by atoms with E-state index in [9.17, 15) is 19.3 Å². The second-order valence-corrected chi connectivity index (χ2v) is 6.65. The van der Waals surface area contributed by atoms with Gasteiger partial charge in [0.05, 0.1) is 15.1 Å². The summed E-state index contributed by atoms with van der Waals surface area (Å²) in [6, 6.07) is 8.23. The number of nitro benzene ring substituents is 1. The molecule has 0 spiro atoms. The van der Waals surface area contributed by atoms with Gasteiger partial charge in [0.2, 0.25) is 0 Å². The van der Waals surface area contributed by atoms with Crippen molar-refractivity contribution in [3.63, 3.8) is 0 Å². The monoisotopic (exact) mass is 391 g/mol. The van der Waals surface area contributed by atoms with Crippen LogP contribution >= 0.6 is 22.9 Å². The Morgan fingerprint density at radius 3 is 2.88 bits per heavy atom.